The van der Waals surface area contributed by atoms with Crippen LogP contribution in [0.15, 0.2) is 22.2 Å². The van der Waals surface area contributed by atoms with Crippen molar-refractivity contribution in [2.75, 3.05) is 6.54 Å². The molecule has 7 nitrogen and oxygen atoms in total. The second-order valence-corrected chi connectivity index (χ2v) is 4.58. The maximum atomic E-state index is 12.3. The SMILES string of the molecule is Cc1cc(=O)c(C(=O)N2CCCC2C(N)=NO)c[nH]1. The van der Waals surface area contributed by atoms with Crippen molar-refractivity contribution in [2.24, 2.45) is 10.9 Å². The zero-order valence-electron chi connectivity index (χ0n) is 10.6. The topological polar surface area (TPSA) is 112 Å². The highest BCUT2D eigenvalue weighted by molar-refractivity contribution is 5.98. The zero-order valence-corrected chi connectivity index (χ0v) is 10.6. The van der Waals surface area contributed by atoms with Gasteiger partial charge in [-0.3, -0.25) is 9.59 Å². The number of rotatable bonds is 2. The van der Waals surface area contributed by atoms with Gasteiger partial charge in [-0.15, -0.1) is 0 Å². The van der Waals surface area contributed by atoms with Crippen molar-refractivity contribution in [3.8, 4) is 0 Å². The highest BCUT2D eigenvalue weighted by Gasteiger charge is 2.33. The quantitative estimate of drug-likeness (QED) is 0.303. The number of carbonyl (C=O) groups is 1. The molecule has 0 radical (unpaired) electrons. The molecule has 1 saturated heterocycles. The molecule has 0 bridgehead atoms. The molecule has 1 amide bonds. The summed E-state index contributed by atoms with van der Waals surface area (Å²) in [5.74, 6) is -0.398. The Bertz CT molecular complexity index is 579. The van der Waals surface area contributed by atoms with Gasteiger partial charge in [0.25, 0.3) is 5.91 Å². The Morgan fingerprint density at radius 2 is 2.37 bits per heavy atom. The lowest BCUT2D eigenvalue weighted by atomic mass is 10.1. The molecule has 1 aliphatic heterocycles. The van der Waals surface area contributed by atoms with Gasteiger partial charge < -0.3 is 20.8 Å². The van der Waals surface area contributed by atoms with Crippen LogP contribution in [-0.2, 0) is 0 Å². The molecule has 2 rings (SSSR count). The van der Waals surface area contributed by atoms with Crippen molar-refractivity contribution in [1.82, 2.24) is 9.88 Å². The van der Waals surface area contributed by atoms with E-state index in [4.69, 9.17) is 10.9 Å². The van der Waals surface area contributed by atoms with Crippen molar-refractivity contribution in [2.45, 2.75) is 25.8 Å². The minimum Gasteiger partial charge on any atom is -0.409 e. The van der Waals surface area contributed by atoms with Crippen LogP contribution >= 0.6 is 0 Å². The summed E-state index contributed by atoms with van der Waals surface area (Å²) >= 11 is 0. The molecule has 1 unspecified atom stereocenters. The fourth-order valence-electron chi connectivity index (χ4n) is 2.28. The van der Waals surface area contributed by atoms with Crippen LogP contribution in [0.25, 0.3) is 0 Å². The number of aromatic amines is 1. The van der Waals surface area contributed by atoms with Crippen LogP contribution < -0.4 is 11.2 Å². The van der Waals surface area contributed by atoms with E-state index in [1.54, 1.807) is 6.92 Å². The summed E-state index contributed by atoms with van der Waals surface area (Å²) in [4.78, 5) is 28.4. The number of carbonyl (C=O) groups excluding carboxylic acids is 1. The van der Waals surface area contributed by atoms with Gasteiger partial charge in [-0.2, -0.15) is 0 Å². The number of nitrogens with zero attached hydrogens (tertiary/aromatic N) is 2. The van der Waals surface area contributed by atoms with E-state index >= 15 is 0 Å². The lowest BCUT2D eigenvalue weighted by molar-refractivity contribution is 0.0766. The molecule has 0 aliphatic carbocycles. The summed E-state index contributed by atoms with van der Waals surface area (Å²) in [6.07, 6.45) is 2.80. The van der Waals surface area contributed by atoms with Crippen molar-refractivity contribution < 1.29 is 10.0 Å². The van der Waals surface area contributed by atoms with Crippen LogP contribution in [0, 0.1) is 6.92 Å². The molecular formula is C12H16N4O3. The first-order chi connectivity index (χ1) is 9.04. The monoisotopic (exact) mass is 264 g/mol. The van der Waals surface area contributed by atoms with Crippen molar-refractivity contribution >= 4 is 11.7 Å². The highest BCUT2D eigenvalue weighted by atomic mass is 16.4. The van der Waals surface area contributed by atoms with Crippen LogP contribution in [0.4, 0.5) is 0 Å². The fraction of sp³-hybridized carbons (Fsp3) is 0.417. The first-order valence-corrected chi connectivity index (χ1v) is 6.02. The molecule has 1 aromatic heterocycles. The van der Waals surface area contributed by atoms with Crippen LogP contribution in [0.3, 0.4) is 0 Å². The Balaban J connectivity index is 2.31. The van der Waals surface area contributed by atoms with E-state index in [-0.39, 0.29) is 16.8 Å². The summed E-state index contributed by atoms with van der Waals surface area (Å²) in [5, 5.41) is 11.7. The molecular weight excluding hydrogens is 248 g/mol. The average Bonchev–Trinajstić information content (AvgIpc) is 2.86. The average molecular weight is 264 g/mol. The number of H-pyrrole nitrogens is 1. The molecule has 4 N–H and O–H groups in total. The predicted molar refractivity (Wildman–Crippen MR) is 69.3 cm³/mol. The third-order valence-electron chi connectivity index (χ3n) is 3.26. The largest absolute Gasteiger partial charge is 0.409 e. The van der Waals surface area contributed by atoms with Gasteiger partial charge in [0.05, 0.1) is 6.04 Å². The molecule has 19 heavy (non-hydrogen) atoms. The third kappa shape index (κ3) is 2.44. The van der Waals surface area contributed by atoms with Gasteiger partial charge in [-0.25, -0.2) is 0 Å². The number of amidine groups is 1. The Labute approximate surface area is 109 Å². The second kappa shape index (κ2) is 5.13. The predicted octanol–water partition coefficient (Wildman–Crippen LogP) is 0.0343. The number of nitrogens with two attached hydrogens (primary N) is 1. The first kappa shape index (κ1) is 13.1. The second-order valence-electron chi connectivity index (χ2n) is 4.58. The van der Waals surface area contributed by atoms with E-state index in [2.05, 4.69) is 10.1 Å². The van der Waals surface area contributed by atoms with Crippen molar-refractivity contribution in [1.29, 1.82) is 0 Å². The van der Waals surface area contributed by atoms with E-state index in [1.807, 2.05) is 0 Å². The standard InChI is InChI=1S/C12H16N4O3/c1-7-5-10(17)8(6-14-7)12(18)16-4-2-3-9(16)11(13)15-19/h5-6,9,19H,2-4H2,1H3,(H2,13,15)(H,14,17). The van der Waals surface area contributed by atoms with Gasteiger partial charge in [-0.05, 0) is 19.8 Å². The number of nitrogens with one attached hydrogen (secondary N) is 1. The maximum Gasteiger partial charge on any atom is 0.259 e. The van der Waals surface area contributed by atoms with Gasteiger partial charge in [0, 0.05) is 24.5 Å². The Morgan fingerprint density at radius 1 is 1.63 bits per heavy atom. The number of aryl methyl sites for hydroxylation is 1. The van der Waals surface area contributed by atoms with Gasteiger partial charge in [0.2, 0.25) is 0 Å². The van der Waals surface area contributed by atoms with Crippen LogP contribution in [0.2, 0.25) is 0 Å². The number of aromatic nitrogens is 1. The molecule has 0 spiro atoms. The number of likely N-dealkylation sites (tertiary alicyclic amines) is 1. The molecule has 0 saturated carbocycles. The highest BCUT2D eigenvalue weighted by Crippen LogP contribution is 2.19. The summed E-state index contributed by atoms with van der Waals surface area (Å²) in [6, 6.07) is 0.931. The molecule has 1 atom stereocenters. The lowest BCUT2D eigenvalue weighted by Crippen LogP contribution is -2.45. The Morgan fingerprint density at radius 3 is 3.00 bits per heavy atom. The summed E-state index contributed by atoms with van der Waals surface area (Å²) < 4.78 is 0. The van der Waals surface area contributed by atoms with Crippen LogP contribution in [0.5, 0.6) is 0 Å². The Hall–Kier alpha value is -2.31. The van der Waals surface area contributed by atoms with Crippen molar-refractivity contribution in [3.63, 3.8) is 0 Å². The van der Waals surface area contributed by atoms with E-state index < -0.39 is 11.9 Å². The van der Waals surface area contributed by atoms with Crippen LogP contribution in [0.1, 0.15) is 28.9 Å². The molecule has 1 aromatic rings. The van der Waals surface area contributed by atoms with Crippen molar-refractivity contribution in [3.05, 3.63) is 33.7 Å². The van der Waals surface area contributed by atoms with E-state index in [0.717, 1.165) is 6.42 Å². The normalized spacial score (nSPS) is 19.7. The number of pyridine rings is 1. The van der Waals surface area contributed by atoms with E-state index in [1.165, 1.54) is 17.2 Å². The van der Waals surface area contributed by atoms with Gasteiger partial charge >= 0.3 is 0 Å². The van der Waals surface area contributed by atoms with E-state index in [0.29, 0.717) is 18.7 Å². The first-order valence-electron chi connectivity index (χ1n) is 6.02. The fourth-order valence-corrected chi connectivity index (χ4v) is 2.28. The minimum atomic E-state index is -0.446. The zero-order chi connectivity index (χ0) is 14.0. The van der Waals surface area contributed by atoms with Gasteiger partial charge in [-0.1, -0.05) is 5.16 Å². The summed E-state index contributed by atoms with van der Waals surface area (Å²) in [7, 11) is 0. The Kier molecular flexibility index (Phi) is 3.55. The molecule has 102 valence electrons. The van der Waals surface area contributed by atoms with E-state index in [9.17, 15) is 9.59 Å². The summed E-state index contributed by atoms with van der Waals surface area (Å²) in [6.45, 7) is 2.23. The lowest BCUT2D eigenvalue weighted by Gasteiger charge is -2.23. The molecule has 1 aliphatic rings. The smallest absolute Gasteiger partial charge is 0.259 e. The molecule has 1 fully saturated rings. The molecule has 0 aromatic carbocycles. The van der Waals surface area contributed by atoms with Crippen LogP contribution in [-0.4, -0.2) is 39.4 Å². The third-order valence-corrected chi connectivity index (χ3v) is 3.26. The molecule has 7 heteroatoms. The van der Waals surface area contributed by atoms with Gasteiger partial charge in [0.15, 0.2) is 11.3 Å². The maximum absolute atomic E-state index is 12.3. The number of hydrogen-bond acceptors (Lipinski definition) is 4. The minimum absolute atomic E-state index is 0.00519. The number of hydrogen-bond donors (Lipinski definition) is 3. The molecule has 2 heterocycles. The number of oxime groups is 1. The summed E-state index contributed by atoms with van der Waals surface area (Å²) in [5.41, 5.74) is 6.00. The van der Waals surface area contributed by atoms with Gasteiger partial charge in [0.1, 0.15) is 5.56 Å². The number of amides is 1.